The molecule has 0 radical (unpaired) electrons. The Labute approximate surface area is 136 Å². The van der Waals surface area contributed by atoms with E-state index in [1.54, 1.807) is 11.8 Å². The summed E-state index contributed by atoms with van der Waals surface area (Å²) in [7, 11) is 0. The average Bonchev–Trinajstić information content (AvgIpc) is 3.09. The Kier molecular flexibility index (Phi) is 5.06. The van der Waals surface area contributed by atoms with Crippen LogP contribution in [0.2, 0.25) is 0 Å². The molecule has 2 saturated heterocycles. The summed E-state index contributed by atoms with van der Waals surface area (Å²) in [6, 6.07) is 6.11. The highest BCUT2D eigenvalue weighted by molar-refractivity contribution is 7.98. The fraction of sp³-hybridized carbons (Fsp3) is 0.588. The van der Waals surface area contributed by atoms with Crippen LogP contribution in [0.4, 0.5) is 0 Å². The summed E-state index contributed by atoms with van der Waals surface area (Å²) < 4.78 is 11.2. The number of hydrogen-bond acceptors (Lipinski definition) is 4. The molecule has 0 N–H and O–H groups in total. The number of nitrogens with zero attached hydrogens (tertiary/aromatic N) is 1. The maximum absolute atomic E-state index is 12.8. The molecule has 1 aromatic rings. The normalized spacial score (nSPS) is 20.5. The van der Waals surface area contributed by atoms with Crippen molar-refractivity contribution in [2.75, 3.05) is 32.6 Å². The minimum atomic E-state index is -0.0567. The van der Waals surface area contributed by atoms with Gasteiger partial charge in [0.15, 0.2) is 6.29 Å². The number of carbonyl (C=O) groups is 1. The highest BCUT2D eigenvalue weighted by Crippen LogP contribution is 2.27. The highest BCUT2D eigenvalue weighted by Gasteiger charge is 2.32. The zero-order chi connectivity index (χ0) is 15.5. The number of piperidine rings is 1. The molecular weight excluding hydrogens is 298 g/mol. The van der Waals surface area contributed by atoms with Gasteiger partial charge >= 0.3 is 0 Å². The van der Waals surface area contributed by atoms with Gasteiger partial charge in [-0.3, -0.25) is 4.79 Å². The molecule has 120 valence electrons. The van der Waals surface area contributed by atoms with Crippen LogP contribution in [0.1, 0.15) is 28.8 Å². The van der Waals surface area contributed by atoms with Crippen molar-refractivity contribution in [1.29, 1.82) is 0 Å². The maximum Gasteiger partial charge on any atom is 0.254 e. The van der Waals surface area contributed by atoms with E-state index in [4.69, 9.17) is 9.47 Å². The van der Waals surface area contributed by atoms with Crippen LogP contribution in [0, 0.1) is 12.8 Å². The van der Waals surface area contributed by atoms with Gasteiger partial charge in [0.05, 0.1) is 13.2 Å². The van der Waals surface area contributed by atoms with Crippen LogP contribution in [0.25, 0.3) is 0 Å². The van der Waals surface area contributed by atoms with E-state index in [2.05, 4.69) is 6.07 Å². The molecule has 1 aromatic carbocycles. The Hall–Kier alpha value is -1.04. The van der Waals surface area contributed by atoms with Crippen LogP contribution < -0.4 is 0 Å². The number of ether oxygens (including phenoxy) is 2. The maximum atomic E-state index is 12.8. The highest BCUT2D eigenvalue weighted by atomic mass is 32.2. The fourth-order valence-electron chi connectivity index (χ4n) is 3.15. The molecule has 2 aliphatic heterocycles. The molecule has 3 rings (SSSR count). The van der Waals surface area contributed by atoms with Crippen molar-refractivity contribution in [3.63, 3.8) is 0 Å². The number of rotatable bonds is 3. The number of likely N-dealkylation sites (tertiary alicyclic amines) is 1. The SMILES string of the molecule is CSc1ccc(C)c(C(=O)N2CCC(C3OCCO3)CC2)c1. The number of hydrogen-bond donors (Lipinski definition) is 0. The topological polar surface area (TPSA) is 38.8 Å². The van der Waals surface area contributed by atoms with E-state index in [0.29, 0.717) is 19.1 Å². The Bertz CT molecular complexity index is 535. The van der Waals surface area contributed by atoms with Gasteiger partial charge < -0.3 is 14.4 Å². The van der Waals surface area contributed by atoms with Crippen molar-refractivity contribution in [1.82, 2.24) is 4.90 Å². The van der Waals surface area contributed by atoms with Crippen molar-refractivity contribution in [3.8, 4) is 0 Å². The van der Waals surface area contributed by atoms with E-state index in [-0.39, 0.29) is 12.2 Å². The van der Waals surface area contributed by atoms with Crippen LogP contribution in [0.3, 0.4) is 0 Å². The predicted molar refractivity (Wildman–Crippen MR) is 87.3 cm³/mol. The van der Waals surface area contributed by atoms with Gasteiger partial charge in [-0.1, -0.05) is 6.07 Å². The molecule has 2 aliphatic rings. The molecule has 0 atom stereocenters. The zero-order valence-corrected chi connectivity index (χ0v) is 14.0. The average molecular weight is 321 g/mol. The molecule has 0 saturated carbocycles. The van der Waals surface area contributed by atoms with Gasteiger partial charge in [-0.25, -0.2) is 0 Å². The van der Waals surface area contributed by atoms with Gasteiger partial charge in [0.25, 0.3) is 5.91 Å². The van der Waals surface area contributed by atoms with Crippen LogP contribution >= 0.6 is 11.8 Å². The largest absolute Gasteiger partial charge is 0.350 e. The van der Waals surface area contributed by atoms with Gasteiger partial charge in [-0.2, -0.15) is 0 Å². The van der Waals surface area contributed by atoms with Crippen molar-refractivity contribution in [2.45, 2.75) is 31.0 Å². The van der Waals surface area contributed by atoms with Crippen LogP contribution in [0.5, 0.6) is 0 Å². The lowest BCUT2D eigenvalue weighted by molar-refractivity contribution is -0.0956. The first kappa shape index (κ1) is 15.8. The molecule has 0 aliphatic carbocycles. The van der Waals surface area contributed by atoms with Crippen LogP contribution in [-0.4, -0.2) is 49.7 Å². The van der Waals surface area contributed by atoms with Gasteiger partial charge in [-0.05, 0) is 43.7 Å². The fourth-order valence-corrected chi connectivity index (χ4v) is 3.59. The molecule has 0 bridgehead atoms. The summed E-state index contributed by atoms with van der Waals surface area (Å²) in [6.45, 7) is 4.98. The standard InChI is InChI=1S/C17H23NO3S/c1-12-3-4-14(22-2)11-15(12)16(19)18-7-5-13(6-8-18)17-20-9-10-21-17/h3-4,11,13,17H,5-10H2,1-2H3. The summed E-state index contributed by atoms with van der Waals surface area (Å²) in [5, 5.41) is 0. The zero-order valence-electron chi connectivity index (χ0n) is 13.2. The van der Waals surface area contributed by atoms with E-state index in [1.807, 2.05) is 30.2 Å². The summed E-state index contributed by atoms with van der Waals surface area (Å²) in [4.78, 5) is 15.9. The van der Waals surface area contributed by atoms with Crippen molar-refractivity contribution < 1.29 is 14.3 Å². The summed E-state index contributed by atoms with van der Waals surface area (Å²) in [5.41, 5.74) is 1.88. The first-order valence-electron chi connectivity index (χ1n) is 7.86. The molecular formula is C17H23NO3S. The molecule has 1 amide bonds. The van der Waals surface area contributed by atoms with Gasteiger partial charge in [0, 0.05) is 29.5 Å². The second-order valence-electron chi connectivity index (χ2n) is 5.92. The summed E-state index contributed by atoms with van der Waals surface area (Å²) in [6.07, 6.45) is 3.89. The van der Waals surface area contributed by atoms with Crippen molar-refractivity contribution in [2.24, 2.45) is 5.92 Å². The van der Waals surface area contributed by atoms with E-state index in [9.17, 15) is 4.79 Å². The monoisotopic (exact) mass is 321 g/mol. The number of aryl methyl sites for hydroxylation is 1. The molecule has 4 nitrogen and oxygen atoms in total. The Balaban J connectivity index is 1.64. The van der Waals surface area contributed by atoms with Crippen molar-refractivity contribution in [3.05, 3.63) is 29.3 Å². The smallest absolute Gasteiger partial charge is 0.254 e. The lowest BCUT2D eigenvalue weighted by Crippen LogP contribution is -2.41. The third kappa shape index (κ3) is 3.31. The van der Waals surface area contributed by atoms with E-state index in [0.717, 1.165) is 42.0 Å². The molecule has 2 fully saturated rings. The van der Waals surface area contributed by atoms with Crippen LogP contribution in [0.15, 0.2) is 23.1 Å². The first-order valence-corrected chi connectivity index (χ1v) is 9.08. The van der Waals surface area contributed by atoms with Gasteiger partial charge in [-0.15, -0.1) is 11.8 Å². The first-order chi connectivity index (χ1) is 10.7. The lowest BCUT2D eigenvalue weighted by atomic mass is 9.95. The minimum absolute atomic E-state index is 0.0567. The second kappa shape index (κ2) is 7.02. The molecule has 5 heteroatoms. The van der Waals surface area contributed by atoms with E-state index in [1.165, 1.54) is 0 Å². The Morgan fingerprint density at radius 2 is 1.91 bits per heavy atom. The van der Waals surface area contributed by atoms with Gasteiger partial charge in [0.2, 0.25) is 0 Å². The summed E-state index contributed by atoms with van der Waals surface area (Å²) >= 11 is 1.67. The predicted octanol–water partition coefficient (Wildman–Crippen LogP) is 2.94. The Morgan fingerprint density at radius 1 is 1.23 bits per heavy atom. The van der Waals surface area contributed by atoms with Crippen molar-refractivity contribution >= 4 is 17.7 Å². The molecule has 0 unspecified atom stereocenters. The number of thioether (sulfide) groups is 1. The third-order valence-corrected chi connectivity index (χ3v) is 5.26. The Morgan fingerprint density at radius 3 is 2.55 bits per heavy atom. The van der Waals surface area contributed by atoms with E-state index >= 15 is 0 Å². The molecule has 0 aromatic heterocycles. The lowest BCUT2D eigenvalue weighted by Gasteiger charge is -2.34. The number of benzene rings is 1. The minimum Gasteiger partial charge on any atom is -0.350 e. The molecule has 2 heterocycles. The molecule has 22 heavy (non-hydrogen) atoms. The number of carbonyl (C=O) groups excluding carboxylic acids is 1. The molecule has 0 spiro atoms. The van der Waals surface area contributed by atoms with E-state index < -0.39 is 0 Å². The number of amides is 1. The third-order valence-electron chi connectivity index (χ3n) is 4.53. The second-order valence-corrected chi connectivity index (χ2v) is 6.80. The quantitative estimate of drug-likeness (QED) is 0.803. The summed E-state index contributed by atoms with van der Waals surface area (Å²) in [5.74, 6) is 0.574. The van der Waals surface area contributed by atoms with Crippen LogP contribution in [-0.2, 0) is 9.47 Å². The van der Waals surface area contributed by atoms with Gasteiger partial charge in [0.1, 0.15) is 0 Å².